The van der Waals surface area contributed by atoms with Gasteiger partial charge in [-0.2, -0.15) is 0 Å². The molecular formula is C36H47N5O5. The molecule has 5 atom stereocenters. The zero-order valence-corrected chi connectivity index (χ0v) is 27.4. The monoisotopic (exact) mass is 629 g/mol. The number of carbonyl (C=O) groups is 3. The molecular weight excluding hydrogens is 582 g/mol. The molecule has 1 aliphatic rings. The minimum atomic E-state index is -1.04. The molecule has 0 bridgehead atoms. The Labute approximate surface area is 271 Å². The Kier molecular flexibility index (Phi) is 11.9. The summed E-state index contributed by atoms with van der Waals surface area (Å²) in [6.45, 7) is 10.0. The van der Waals surface area contributed by atoms with E-state index in [1.807, 2.05) is 100 Å². The van der Waals surface area contributed by atoms with Crippen molar-refractivity contribution in [1.82, 2.24) is 25.8 Å². The van der Waals surface area contributed by atoms with E-state index >= 15 is 0 Å². The van der Waals surface area contributed by atoms with E-state index in [9.17, 15) is 19.5 Å². The van der Waals surface area contributed by atoms with E-state index in [0.717, 1.165) is 5.56 Å². The largest absolute Gasteiger partial charge is 0.489 e. The maximum atomic E-state index is 13.7. The van der Waals surface area contributed by atoms with E-state index in [1.165, 1.54) is 6.20 Å². The van der Waals surface area contributed by atoms with Crippen molar-refractivity contribution in [2.75, 3.05) is 13.1 Å². The van der Waals surface area contributed by atoms with Gasteiger partial charge in [0.2, 0.25) is 11.8 Å². The van der Waals surface area contributed by atoms with Gasteiger partial charge in [0.25, 0.3) is 5.91 Å². The van der Waals surface area contributed by atoms with Gasteiger partial charge in [0.1, 0.15) is 23.6 Å². The van der Waals surface area contributed by atoms with E-state index in [4.69, 9.17) is 4.74 Å². The minimum absolute atomic E-state index is 0.126. The Balaban J connectivity index is 1.53. The number of hydrogen-bond acceptors (Lipinski definition) is 7. The number of aliphatic hydroxyl groups is 1. The summed E-state index contributed by atoms with van der Waals surface area (Å²) in [4.78, 5) is 46.1. The van der Waals surface area contributed by atoms with Crippen molar-refractivity contribution in [3.63, 3.8) is 0 Å². The van der Waals surface area contributed by atoms with Crippen molar-refractivity contribution in [2.45, 2.75) is 83.3 Å². The number of carbonyl (C=O) groups excluding carboxylic acids is 3. The summed E-state index contributed by atoms with van der Waals surface area (Å²) in [7, 11) is 0. The van der Waals surface area contributed by atoms with Crippen molar-refractivity contribution in [2.24, 2.45) is 5.92 Å². The number of nitrogens with zero attached hydrogens (tertiary/aromatic N) is 2. The molecule has 1 aromatic heterocycles. The van der Waals surface area contributed by atoms with Crippen LogP contribution in [0.5, 0.6) is 5.75 Å². The zero-order chi connectivity index (χ0) is 33.3. The quantitative estimate of drug-likeness (QED) is 0.228. The normalized spacial score (nSPS) is 18.8. The Morgan fingerprint density at radius 1 is 0.957 bits per heavy atom. The van der Waals surface area contributed by atoms with Crippen LogP contribution < -0.4 is 20.7 Å². The van der Waals surface area contributed by atoms with Crippen LogP contribution in [0, 0.1) is 5.92 Å². The predicted octanol–water partition coefficient (Wildman–Crippen LogP) is 3.36. The Morgan fingerprint density at radius 2 is 1.61 bits per heavy atom. The fourth-order valence-corrected chi connectivity index (χ4v) is 5.60. The highest BCUT2D eigenvalue weighted by atomic mass is 16.5. The zero-order valence-electron chi connectivity index (χ0n) is 27.4. The summed E-state index contributed by atoms with van der Waals surface area (Å²) in [5, 5.41) is 20.7. The molecule has 0 spiro atoms. The lowest BCUT2D eigenvalue weighted by atomic mass is 9.98. The predicted molar refractivity (Wildman–Crippen MR) is 177 cm³/mol. The molecule has 246 valence electrons. The van der Waals surface area contributed by atoms with Gasteiger partial charge >= 0.3 is 0 Å². The number of rotatable bonds is 13. The Bertz CT molecular complexity index is 1410. The van der Waals surface area contributed by atoms with Crippen molar-refractivity contribution >= 4 is 17.7 Å². The molecule has 2 aromatic carbocycles. The number of aliphatic hydroxyl groups excluding tert-OH is 1. The van der Waals surface area contributed by atoms with Crippen molar-refractivity contribution < 1.29 is 24.2 Å². The van der Waals surface area contributed by atoms with Crippen LogP contribution in [0.1, 0.15) is 57.1 Å². The average Bonchev–Trinajstić information content (AvgIpc) is 3.41. The first-order valence-electron chi connectivity index (χ1n) is 15.9. The molecule has 1 saturated heterocycles. The molecule has 1 aliphatic heterocycles. The lowest BCUT2D eigenvalue weighted by Crippen LogP contribution is -2.57. The number of nitrogens with one attached hydrogen (secondary N) is 3. The number of β-amino-alcohol motifs (C(OH)–C–C–N with tert-alkyl or cyclic N) is 1. The molecule has 4 N–H and O–H groups in total. The van der Waals surface area contributed by atoms with Gasteiger partial charge in [0.15, 0.2) is 0 Å². The lowest BCUT2D eigenvalue weighted by molar-refractivity contribution is -0.128. The van der Waals surface area contributed by atoms with Gasteiger partial charge in [-0.05, 0) is 62.9 Å². The maximum Gasteiger partial charge on any atom is 0.270 e. The summed E-state index contributed by atoms with van der Waals surface area (Å²) in [5.74, 6) is -0.523. The molecule has 3 amide bonds. The summed E-state index contributed by atoms with van der Waals surface area (Å²) in [5.41, 5.74) is 0.705. The number of aromatic nitrogens is 1. The smallest absolute Gasteiger partial charge is 0.270 e. The van der Waals surface area contributed by atoms with Crippen LogP contribution in [0.25, 0.3) is 0 Å². The molecule has 3 aromatic rings. The van der Waals surface area contributed by atoms with Crippen LogP contribution in [0.2, 0.25) is 0 Å². The standard InChI is InChI=1S/C36H47N5O5/c1-24(2)32(39-33(43)28-18-12-13-19-37-28)35(45)38-29(20-25-14-8-6-9-15-25)31(42)23-41-22-27(46-26-16-10-7-11-17-26)21-30(41)34(44)40-36(3,4)5/h6-19,24,27,29-32,42H,20-23H2,1-5H3,(H,38,45)(H,39,43)(H,40,44)/t27-,29+,30+,31-,32+/m1/s1. The Morgan fingerprint density at radius 3 is 2.22 bits per heavy atom. The van der Waals surface area contributed by atoms with E-state index in [-0.39, 0.29) is 30.2 Å². The highest BCUT2D eigenvalue weighted by Gasteiger charge is 2.41. The van der Waals surface area contributed by atoms with Crippen molar-refractivity contribution in [3.8, 4) is 5.75 Å². The van der Waals surface area contributed by atoms with Crippen LogP contribution in [0.4, 0.5) is 0 Å². The summed E-state index contributed by atoms with van der Waals surface area (Å²) >= 11 is 0. The van der Waals surface area contributed by atoms with Crippen LogP contribution in [0.15, 0.2) is 85.1 Å². The number of para-hydroxylation sites is 1. The lowest BCUT2D eigenvalue weighted by Gasteiger charge is -2.33. The fraction of sp³-hybridized carbons (Fsp3) is 0.444. The van der Waals surface area contributed by atoms with Crippen LogP contribution in [0.3, 0.4) is 0 Å². The first-order valence-corrected chi connectivity index (χ1v) is 15.9. The van der Waals surface area contributed by atoms with Crippen LogP contribution in [-0.4, -0.2) is 81.7 Å². The van der Waals surface area contributed by atoms with E-state index in [2.05, 4.69) is 20.9 Å². The molecule has 4 rings (SSSR count). The molecule has 46 heavy (non-hydrogen) atoms. The number of amides is 3. The fourth-order valence-electron chi connectivity index (χ4n) is 5.60. The molecule has 1 fully saturated rings. The van der Waals surface area contributed by atoms with Gasteiger partial charge in [-0.25, -0.2) is 0 Å². The van der Waals surface area contributed by atoms with Gasteiger partial charge in [-0.15, -0.1) is 0 Å². The molecule has 0 unspecified atom stereocenters. The van der Waals surface area contributed by atoms with Gasteiger partial charge < -0.3 is 25.8 Å². The summed E-state index contributed by atoms with van der Waals surface area (Å²) in [6, 6.07) is 22.0. The number of likely N-dealkylation sites (tertiary alicyclic amines) is 1. The molecule has 10 nitrogen and oxygen atoms in total. The summed E-state index contributed by atoms with van der Waals surface area (Å²) in [6.07, 6.45) is 1.02. The van der Waals surface area contributed by atoms with Crippen molar-refractivity contribution in [1.29, 1.82) is 0 Å². The second kappa shape index (κ2) is 15.8. The third kappa shape index (κ3) is 10.1. The van der Waals surface area contributed by atoms with E-state index in [0.29, 0.717) is 25.1 Å². The third-order valence-corrected chi connectivity index (χ3v) is 7.86. The molecule has 10 heteroatoms. The third-order valence-electron chi connectivity index (χ3n) is 7.86. The number of benzene rings is 2. The molecule has 2 heterocycles. The highest BCUT2D eigenvalue weighted by molar-refractivity contribution is 5.96. The molecule has 0 aliphatic carbocycles. The Hall–Kier alpha value is -4.28. The second-order valence-electron chi connectivity index (χ2n) is 13.3. The topological polar surface area (TPSA) is 133 Å². The maximum absolute atomic E-state index is 13.7. The van der Waals surface area contributed by atoms with Crippen LogP contribution >= 0.6 is 0 Å². The van der Waals surface area contributed by atoms with Gasteiger partial charge in [-0.3, -0.25) is 24.3 Å². The number of pyridine rings is 1. The summed E-state index contributed by atoms with van der Waals surface area (Å²) < 4.78 is 6.23. The van der Waals surface area contributed by atoms with Gasteiger partial charge in [0.05, 0.1) is 18.2 Å². The molecule has 0 saturated carbocycles. The minimum Gasteiger partial charge on any atom is -0.489 e. The van der Waals surface area contributed by atoms with Crippen LogP contribution in [-0.2, 0) is 16.0 Å². The van der Waals surface area contributed by atoms with Gasteiger partial charge in [0, 0.05) is 31.2 Å². The SMILES string of the molecule is CC(C)[C@H](NC(=O)c1ccccn1)C(=O)N[C@@H](Cc1ccccc1)[C@H](O)CN1C[C@H](Oc2ccccc2)C[C@H]1C(=O)NC(C)(C)C. The highest BCUT2D eigenvalue weighted by Crippen LogP contribution is 2.25. The average molecular weight is 630 g/mol. The number of ether oxygens (including phenoxy) is 1. The van der Waals surface area contributed by atoms with Crippen molar-refractivity contribution in [3.05, 3.63) is 96.3 Å². The van der Waals surface area contributed by atoms with E-state index < -0.39 is 41.6 Å². The van der Waals surface area contributed by atoms with E-state index in [1.54, 1.807) is 18.2 Å². The first kappa shape index (κ1) is 34.6. The first-order chi connectivity index (χ1) is 21.9. The number of hydrogen-bond donors (Lipinski definition) is 4. The van der Waals surface area contributed by atoms with Gasteiger partial charge in [-0.1, -0.05) is 68.4 Å². The molecule has 0 radical (unpaired) electrons. The second-order valence-corrected chi connectivity index (χ2v) is 13.3.